The van der Waals surface area contributed by atoms with Gasteiger partial charge in [0.1, 0.15) is 5.75 Å². The number of aryl methyl sites for hydroxylation is 1. The van der Waals surface area contributed by atoms with Crippen LogP contribution < -0.4 is 9.64 Å². The number of aromatic nitrogens is 2. The number of halogens is 1. The molecule has 1 aromatic heterocycles. The lowest BCUT2D eigenvalue weighted by atomic mass is 10.1. The Morgan fingerprint density at radius 2 is 2.29 bits per heavy atom. The summed E-state index contributed by atoms with van der Waals surface area (Å²) < 4.78 is 10.3. The molecule has 1 saturated heterocycles. The van der Waals surface area contributed by atoms with Gasteiger partial charge in [-0.05, 0) is 25.1 Å². The van der Waals surface area contributed by atoms with E-state index in [0.717, 1.165) is 5.69 Å². The molecule has 1 amide bonds. The molecule has 0 radical (unpaired) electrons. The van der Waals surface area contributed by atoms with Crippen molar-refractivity contribution in [3.05, 3.63) is 34.9 Å². The second-order valence-corrected chi connectivity index (χ2v) is 5.31. The highest BCUT2D eigenvalue weighted by atomic mass is 35.5. The van der Waals surface area contributed by atoms with Crippen LogP contribution in [-0.4, -0.2) is 29.7 Å². The summed E-state index contributed by atoms with van der Waals surface area (Å²) in [4.78, 5) is 18.1. The Balaban J connectivity index is 1.83. The molecule has 3 rings (SSSR count). The second-order valence-electron chi connectivity index (χ2n) is 4.90. The van der Waals surface area contributed by atoms with Crippen LogP contribution in [0.15, 0.2) is 22.7 Å². The first kappa shape index (κ1) is 13.9. The van der Waals surface area contributed by atoms with E-state index in [1.165, 1.54) is 0 Å². The van der Waals surface area contributed by atoms with Gasteiger partial charge in [0.05, 0.1) is 18.1 Å². The molecule has 0 aliphatic carbocycles. The quantitative estimate of drug-likeness (QED) is 0.871. The van der Waals surface area contributed by atoms with E-state index < -0.39 is 0 Å². The highest BCUT2D eigenvalue weighted by molar-refractivity contribution is 6.32. The van der Waals surface area contributed by atoms with Gasteiger partial charge in [-0.2, -0.15) is 4.98 Å². The Hall–Kier alpha value is -2.08. The van der Waals surface area contributed by atoms with Crippen molar-refractivity contribution in [2.45, 2.75) is 19.3 Å². The third-order valence-electron chi connectivity index (χ3n) is 3.46. The van der Waals surface area contributed by atoms with Gasteiger partial charge >= 0.3 is 0 Å². The SMILES string of the molecule is COc1ccc(N2C[C@@H](c3nc(C)no3)CC2=O)cc1Cl. The smallest absolute Gasteiger partial charge is 0.232 e. The third kappa shape index (κ3) is 2.58. The molecule has 0 saturated carbocycles. The molecule has 0 unspecified atom stereocenters. The number of carbonyl (C=O) groups is 1. The Morgan fingerprint density at radius 1 is 1.48 bits per heavy atom. The Morgan fingerprint density at radius 3 is 2.90 bits per heavy atom. The van der Waals surface area contributed by atoms with Crippen molar-refractivity contribution >= 4 is 23.2 Å². The first-order chi connectivity index (χ1) is 10.1. The summed E-state index contributed by atoms with van der Waals surface area (Å²) in [6.07, 6.45) is 0.352. The van der Waals surface area contributed by atoms with Crippen LogP contribution in [0, 0.1) is 6.92 Å². The number of ether oxygens (including phenoxy) is 1. The molecule has 1 atom stereocenters. The number of hydrogen-bond donors (Lipinski definition) is 0. The Kier molecular flexibility index (Phi) is 3.55. The zero-order valence-corrected chi connectivity index (χ0v) is 12.4. The molecule has 0 N–H and O–H groups in total. The largest absolute Gasteiger partial charge is 0.495 e. The van der Waals surface area contributed by atoms with Gasteiger partial charge < -0.3 is 14.2 Å². The number of nitrogens with zero attached hydrogens (tertiary/aromatic N) is 3. The molecule has 0 spiro atoms. The number of benzene rings is 1. The van der Waals surface area contributed by atoms with Crippen LogP contribution in [0.25, 0.3) is 0 Å². The van der Waals surface area contributed by atoms with Crippen LogP contribution in [0.1, 0.15) is 24.1 Å². The first-order valence-corrected chi connectivity index (χ1v) is 6.90. The van der Waals surface area contributed by atoms with Crippen molar-refractivity contribution in [2.75, 3.05) is 18.6 Å². The second kappa shape index (κ2) is 5.37. The monoisotopic (exact) mass is 307 g/mol. The summed E-state index contributed by atoms with van der Waals surface area (Å²) in [5, 5.41) is 4.24. The van der Waals surface area contributed by atoms with Crippen LogP contribution in [0.5, 0.6) is 5.75 Å². The van der Waals surface area contributed by atoms with E-state index in [0.29, 0.717) is 35.5 Å². The maximum absolute atomic E-state index is 12.2. The molecule has 0 bridgehead atoms. The third-order valence-corrected chi connectivity index (χ3v) is 3.76. The highest BCUT2D eigenvalue weighted by Gasteiger charge is 2.35. The van der Waals surface area contributed by atoms with Crippen molar-refractivity contribution in [3.63, 3.8) is 0 Å². The molecule has 1 aliphatic heterocycles. The van der Waals surface area contributed by atoms with Crippen molar-refractivity contribution in [1.82, 2.24) is 10.1 Å². The van der Waals surface area contributed by atoms with Gasteiger partial charge in [0.15, 0.2) is 5.82 Å². The minimum absolute atomic E-state index is 0.0112. The van der Waals surface area contributed by atoms with Crippen LogP contribution in [0.3, 0.4) is 0 Å². The molecule has 6 nitrogen and oxygen atoms in total. The fourth-order valence-electron chi connectivity index (χ4n) is 2.42. The van der Waals surface area contributed by atoms with Crippen molar-refractivity contribution in [1.29, 1.82) is 0 Å². The normalized spacial score (nSPS) is 18.3. The standard InChI is InChI=1S/C14H14ClN3O3/c1-8-16-14(21-17-8)9-5-13(19)18(7-9)10-3-4-12(20-2)11(15)6-10/h3-4,6,9H,5,7H2,1-2H3/t9-/m0/s1. The number of hydrogen-bond acceptors (Lipinski definition) is 5. The number of amides is 1. The molecule has 110 valence electrons. The summed E-state index contributed by atoms with van der Waals surface area (Å²) in [6, 6.07) is 5.28. The maximum Gasteiger partial charge on any atom is 0.232 e. The van der Waals surface area contributed by atoms with E-state index in [9.17, 15) is 4.79 Å². The molecular weight excluding hydrogens is 294 g/mol. The minimum Gasteiger partial charge on any atom is -0.495 e. The van der Waals surface area contributed by atoms with Crippen molar-refractivity contribution in [2.24, 2.45) is 0 Å². The number of rotatable bonds is 3. The predicted octanol–water partition coefficient (Wildman–Crippen LogP) is 2.56. The zero-order valence-electron chi connectivity index (χ0n) is 11.7. The summed E-state index contributed by atoms with van der Waals surface area (Å²) in [5.41, 5.74) is 0.740. The lowest BCUT2D eigenvalue weighted by Gasteiger charge is -2.17. The van der Waals surface area contributed by atoms with Gasteiger partial charge in [0.25, 0.3) is 0 Å². The van der Waals surface area contributed by atoms with Gasteiger partial charge in [-0.3, -0.25) is 4.79 Å². The van der Waals surface area contributed by atoms with Gasteiger partial charge in [-0.25, -0.2) is 0 Å². The average molecular weight is 308 g/mol. The van der Waals surface area contributed by atoms with E-state index >= 15 is 0 Å². The van der Waals surface area contributed by atoms with Crippen LogP contribution >= 0.6 is 11.6 Å². The average Bonchev–Trinajstić information content (AvgIpc) is 3.05. The van der Waals surface area contributed by atoms with Gasteiger partial charge in [0, 0.05) is 18.7 Å². The van der Waals surface area contributed by atoms with Crippen LogP contribution in [-0.2, 0) is 4.79 Å². The van der Waals surface area contributed by atoms with Crippen molar-refractivity contribution in [3.8, 4) is 5.75 Å². The van der Waals surface area contributed by atoms with Gasteiger partial charge in [-0.15, -0.1) is 0 Å². The predicted molar refractivity (Wildman–Crippen MR) is 76.8 cm³/mol. The zero-order chi connectivity index (χ0) is 15.0. The first-order valence-electron chi connectivity index (χ1n) is 6.52. The van der Waals surface area contributed by atoms with Crippen molar-refractivity contribution < 1.29 is 14.1 Å². The van der Waals surface area contributed by atoms with Gasteiger partial charge in [-0.1, -0.05) is 16.8 Å². The molecule has 1 aromatic carbocycles. The molecular formula is C14H14ClN3O3. The van der Waals surface area contributed by atoms with E-state index in [4.69, 9.17) is 20.9 Å². The lowest BCUT2D eigenvalue weighted by molar-refractivity contribution is -0.117. The molecule has 2 aromatic rings. The summed E-state index contributed by atoms with van der Waals surface area (Å²) >= 11 is 6.11. The minimum atomic E-state index is -0.0837. The van der Waals surface area contributed by atoms with Crippen LogP contribution in [0.2, 0.25) is 5.02 Å². The maximum atomic E-state index is 12.2. The number of anilines is 1. The fourth-order valence-corrected chi connectivity index (χ4v) is 2.68. The fraction of sp³-hybridized carbons (Fsp3) is 0.357. The molecule has 2 heterocycles. The topological polar surface area (TPSA) is 68.5 Å². The lowest BCUT2D eigenvalue weighted by Crippen LogP contribution is -2.24. The number of carbonyl (C=O) groups excluding carboxylic acids is 1. The number of methoxy groups -OCH3 is 1. The van der Waals surface area contributed by atoms with E-state index in [1.54, 1.807) is 31.1 Å². The van der Waals surface area contributed by atoms with Gasteiger partial charge in [0.2, 0.25) is 11.8 Å². The summed E-state index contributed by atoms with van der Waals surface area (Å²) in [6.45, 7) is 2.26. The molecule has 21 heavy (non-hydrogen) atoms. The summed E-state index contributed by atoms with van der Waals surface area (Å²) in [5.74, 6) is 1.58. The molecule has 1 fully saturated rings. The van der Waals surface area contributed by atoms with E-state index in [1.807, 2.05) is 6.07 Å². The van der Waals surface area contributed by atoms with Crippen LogP contribution in [0.4, 0.5) is 5.69 Å². The highest BCUT2D eigenvalue weighted by Crippen LogP contribution is 2.34. The molecule has 7 heteroatoms. The Bertz CT molecular complexity index is 686. The Labute approximate surface area is 126 Å². The molecule has 1 aliphatic rings. The van der Waals surface area contributed by atoms with E-state index in [2.05, 4.69) is 10.1 Å². The van der Waals surface area contributed by atoms with E-state index in [-0.39, 0.29) is 11.8 Å². The summed E-state index contributed by atoms with van der Waals surface area (Å²) in [7, 11) is 1.55.